The van der Waals surface area contributed by atoms with E-state index in [-0.39, 0.29) is 6.03 Å². The molecule has 1 fully saturated rings. The monoisotopic (exact) mass is 414 g/mol. The number of anilines is 3. The van der Waals surface area contributed by atoms with Crippen LogP contribution in [0.15, 0.2) is 36.0 Å². The zero-order valence-corrected chi connectivity index (χ0v) is 17.0. The van der Waals surface area contributed by atoms with Crippen molar-refractivity contribution in [3.63, 3.8) is 0 Å². The van der Waals surface area contributed by atoms with Crippen molar-refractivity contribution in [1.29, 1.82) is 0 Å². The second kappa shape index (κ2) is 8.50. The highest BCUT2D eigenvalue weighted by Gasteiger charge is 2.22. The predicted octanol–water partition coefficient (Wildman–Crippen LogP) is 2.93. The van der Waals surface area contributed by atoms with Crippen LogP contribution in [0.25, 0.3) is 11.3 Å². The van der Waals surface area contributed by atoms with E-state index in [1.54, 1.807) is 25.3 Å². The molecule has 2 amide bonds. The summed E-state index contributed by atoms with van der Waals surface area (Å²) in [7, 11) is 3.28. The topological polar surface area (TPSA) is 93.5 Å². The summed E-state index contributed by atoms with van der Waals surface area (Å²) in [5.74, 6) is 0.673. The van der Waals surface area contributed by atoms with Crippen LogP contribution in [0.3, 0.4) is 0 Å². The lowest BCUT2D eigenvalue weighted by Crippen LogP contribution is -2.27. The van der Waals surface area contributed by atoms with Gasteiger partial charge in [-0.25, -0.2) is 9.78 Å². The molecular formula is C19H22N6O3S. The van der Waals surface area contributed by atoms with Gasteiger partial charge in [0.2, 0.25) is 0 Å². The van der Waals surface area contributed by atoms with Crippen molar-refractivity contribution in [3.8, 4) is 17.0 Å². The first-order valence-electron chi connectivity index (χ1n) is 9.15. The first-order valence-corrected chi connectivity index (χ1v) is 10.0. The van der Waals surface area contributed by atoms with Crippen LogP contribution >= 0.6 is 11.3 Å². The number of carbonyl (C=O) groups excluding carboxylic acids is 1. The van der Waals surface area contributed by atoms with E-state index >= 15 is 0 Å². The number of nitrogens with zero attached hydrogens (tertiary/aromatic N) is 4. The fraction of sp³-hybridized carbons (Fsp3) is 0.316. The summed E-state index contributed by atoms with van der Waals surface area (Å²) < 4.78 is 12.4. The van der Waals surface area contributed by atoms with Crippen molar-refractivity contribution < 1.29 is 14.3 Å². The first-order chi connectivity index (χ1) is 14.2. The maximum Gasteiger partial charge on any atom is 0.321 e. The minimum Gasteiger partial charge on any atom is -0.496 e. The molecule has 1 aliphatic rings. The number of aromatic nitrogens is 3. The van der Waals surface area contributed by atoms with Gasteiger partial charge < -0.3 is 20.1 Å². The van der Waals surface area contributed by atoms with Gasteiger partial charge in [-0.3, -0.25) is 9.58 Å². The maximum atomic E-state index is 11.9. The normalized spacial score (nSPS) is 13.6. The third kappa shape index (κ3) is 4.17. The van der Waals surface area contributed by atoms with Gasteiger partial charge in [0.15, 0.2) is 5.13 Å². The molecule has 29 heavy (non-hydrogen) atoms. The number of thiazole rings is 1. The summed E-state index contributed by atoms with van der Waals surface area (Å²) in [6.45, 7) is 2.59. The lowest BCUT2D eigenvalue weighted by molar-refractivity contribution is 0.183. The molecule has 3 heterocycles. The van der Waals surface area contributed by atoms with E-state index in [9.17, 15) is 4.79 Å². The SMILES string of the molecule is COCCn1cc(Nc2nc(-c3ccc(N4CCNC4=O)cc3OC)cs2)cn1. The van der Waals surface area contributed by atoms with Crippen molar-refractivity contribution in [2.75, 3.05) is 44.1 Å². The summed E-state index contributed by atoms with van der Waals surface area (Å²) >= 11 is 1.50. The Bertz CT molecular complexity index is 1000. The van der Waals surface area contributed by atoms with Crippen LogP contribution in [-0.2, 0) is 11.3 Å². The Morgan fingerprint density at radius 2 is 2.24 bits per heavy atom. The molecule has 0 radical (unpaired) electrons. The van der Waals surface area contributed by atoms with Crippen LogP contribution in [0.1, 0.15) is 0 Å². The number of rotatable bonds is 8. The fourth-order valence-electron chi connectivity index (χ4n) is 3.09. The van der Waals surface area contributed by atoms with Gasteiger partial charge in [0.1, 0.15) is 5.75 Å². The van der Waals surface area contributed by atoms with Gasteiger partial charge in [0.05, 0.1) is 37.8 Å². The average molecular weight is 414 g/mol. The number of nitrogens with one attached hydrogen (secondary N) is 2. The Morgan fingerprint density at radius 3 is 3.00 bits per heavy atom. The fourth-order valence-corrected chi connectivity index (χ4v) is 3.82. The molecule has 1 aliphatic heterocycles. The molecule has 0 atom stereocenters. The Hall–Kier alpha value is -3.11. The Morgan fingerprint density at radius 1 is 1.34 bits per heavy atom. The number of urea groups is 1. The summed E-state index contributed by atoms with van der Waals surface area (Å²) in [6.07, 6.45) is 3.67. The van der Waals surface area contributed by atoms with Crippen molar-refractivity contribution in [3.05, 3.63) is 36.0 Å². The highest BCUT2D eigenvalue weighted by molar-refractivity contribution is 7.14. The van der Waals surface area contributed by atoms with Gasteiger partial charge in [-0.2, -0.15) is 5.10 Å². The van der Waals surface area contributed by atoms with Gasteiger partial charge >= 0.3 is 6.03 Å². The van der Waals surface area contributed by atoms with Crippen LogP contribution in [0.4, 0.5) is 21.3 Å². The largest absolute Gasteiger partial charge is 0.496 e. The van der Waals surface area contributed by atoms with Crippen molar-refractivity contribution in [2.24, 2.45) is 0 Å². The van der Waals surface area contributed by atoms with Gasteiger partial charge in [-0.1, -0.05) is 0 Å². The zero-order valence-electron chi connectivity index (χ0n) is 16.2. The van der Waals surface area contributed by atoms with Crippen LogP contribution in [0.5, 0.6) is 5.75 Å². The molecule has 1 saturated heterocycles. The molecule has 0 unspecified atom stereocenters. The number of methoxy groups -OCH3 is 2. The number of carbonyl (C=O) groups is 1. The highest BCUT2D eigenvalue weighted by atomic mass is 32.1. The minimum absolute atomic E-state index is 0.0917. The van der Waals surface area contributed by atoms with E-state index in [4.69, 9.17) is 9.47 Å². The van der Waals surface area contributed by atoms with Crippen molar-refractivity contribution in [1.82, 2.24) is 20.1 Å². The standard InChI is InChI=1S/C19H22N6O3S/c1-27-8-7-24-11-13(10-21-24)22-18-23-16(12-29-18)15-4-3-14(9-17(15)28-2)25-6-5-20-19(25)26/h3-4,9-12H,5-8H2,1-2H3,(H,20,26)(H,22,23). The molecule has 2 aromatic heterocycles. The molecular weight excluding hydrogens is 392 g/mol. The van der Waals surface area contributed by atoms with Crippen LogP contribution in [-0.4, -0.2) is 54.7 Å². The third-order valence-electron chi connectivity index (χ3n) is 4.54. The maximum absolute atomic E-state index is 11.9. The molecule has 9 nitrogen and oxygen atoms in total. The number of ether oxygens (including phenoxy) is 2. The van der Waals surface area contributed by atoms with E-state index in [1.165, 1.54) is 11.3 Å². The molecule has 3 aromatic rings. The van der Waals surface area contributed by atoms with E-state index in [1.807, 2.05) is 34.5 Å². The summed E-state index contributed by atoms with van der Waals surface area (Å²) in [6, 6.07) is 5.62. The molecule has 0 bridgehead atoms. The molecule has 0 aliphatic carbocycles. The highest BCUT2D eigenvalue weighted by Crippen LogP contribution is 2.36. The summed E-state index contributed by atoms with van der Waals surface area (Å²) in [5, 5.41) is 13.1. The molecule has 0 saturated carbocycles. The Kier molecular flexibility index (Phi) is 5.63. The number of benzene rings is 1. The average Bonchev–Trinajstić information content (AvgIpc) is 3.48. The third-order valence-corrected chi connectivity index (χ3v) is 5.30. The van der Waals surface area contributed by atoms with Gasteiger partial charge in [0.25, 0.3) is 0 Å². The summed E-state index contributed by atoms with van der Waals surface area (Å²) in [4.78, 5) is 18.3. The minimum atomic E-state index is -0.0917. The Labute approximate surface area is 172 Å². The smallest absolute Gasteiger partial charge is 0.321 e. The lowest BCUT2D eigenvalue weighted by Gasteiger charge is -2.16. The molecule has 4 rings (SSSR count). The second-order valence-corrected chi connectivity index (χ2v) is 7.27. The molecule has 1 aromatic carbocycles. The van der Waals surface area contributed by atoms with Crippen LogP contribution in [0, 0.1) is 0 Å². The van der Waals surface area contributed by atoms with E-state index in [0.29, 0.717) is 32.0 Å². The van der Waals surface area contributed by atoms with Crippen LogP contribution < -0.4 is 20.3 Å². The van der Waals surface area contributed by atoms with E-state index < -0.39 is 0 Å². The van der Waals surface area contributed by atoms with Crippen LogP contribution in [0.2, 0.25) is 0 Å². The number of hydrogen-bond acceptors (Lipinski definition) is 7. The zero-order chi connectivity index (χ0) is 20.2. The molecule has 2 N–H and O–H groups in total. The number of amides is 2. The molecule has 152 valence electrons. The van der Waals surface area contributed by atoms with Gasteiger partial charge in [-0.15, -0.1) is 11.3 Å². The van der Waals surface area contributed by atoms with E-state index in [0.717, 1.165) is 27.8 Å². The van der Waals surface area contributed by atoms with Crippen molar-refractivity contribution in [2.45, 2.75) is 6.54 Å². The molecule has 0 spiro atoms. The number of hydrogen-bond donors (Lipinski definition) is 2. The van der Waals surface area contributed by atoms with Crippen molar-refractivity contribution >= 4 is 33.9 Å². The molecule has 10 heteroatoms. The first kappa shape index (κ1) is 19.2. The van der Waals surface area contributed by atoms with Gasteiger partial charge in [-0.05, 0) is 12.1 Å². The quantitative estimate of drug-likeness (QED) is 0.589. The van der Waals surface area contributed by atoms with Gasteiger partial charge in [0, 0.05) is 49.1 Å². The second-order valence-electron chi connectivity index (χ2n) is 6.42. The predicted molar refractivity (Wildman–Crippen MR) is 112 cm³/mol. The lowest BCUT2D eigenvalue weighted by atomic mass is 10.1. The van der Waals surface area contributed by atoms with E-state index in [2.05, 4.69) is 20.7 Å². The summed E-state index contributed by atoms with van der Waals surface area (Å²) in [5.41, 5.74) is 3.34. The Balaban J connectivity index is 1.51.